The quantitative estimate of drug-likeness (QED) is 0.683. The highest BCUT2D eigenvalue weighted by atomic mass is 16.2. The average Bonchev–Trinajstić information content (AvgIpc) is 2.51. The summed E-state index contributed by atoms with van der Waals surface area (Å²) in [5.41, 5.74) is 0. The second kappa shape index (κ2) is 6.12. The molecular formula is C12H23N3O2. The van der Waals surface area contributed by atoms with Gasteiger partial charge in [0, 0.05) is 33.6 Å². The van der Waals surface area contributed by atoms with Crippen molar-refractivity contribution in [1.82, 2.24) is 14.7 Å². The Morgan fingerprint density at radius 3 is 2.41 bits per heavy atom. The van der Waals surface area contributed by atoms with Crippen molar-refractivity contribution in [2.24, 2.45) is 0 Å². The molecule has 1 atom stereocenters. The predicted molar refractivity (Wildman–Crippen MR) is 66.6 cm³/mol. The number of nitrogens with zero attached hydrogens (tertiary/aromatic N) is 3. The maximum Gasteiger partial charge on any atom is 0.245 e. The van der Waals surface area contributed by atoms with E-state index in [-0.39, 0.29) is 17.9 Å². The number of carbonyl (C=O) groups is 2. The third-order valence-corrected chi connectivity index (χ3v) is 3.46. The molecule has 0 aromatic carbocycles. The molecule has 1 fully saturated rings. The number of rotatable bonds is 2. The van der Waals surface area contributed by atoms with E-state index in [1.807, 2.05) is 6.92 Å². The molecule has 2 amide bonds. The first-order chi connectivity index (χ1) is 7.93. The SMILES string of the molecule is CC(=O)N(C)C(=O)C(C)N1CCCN(C)CC1. The molecule has 0 spiro atoms. The van der Waals surface area contributed by atoms with Crippen molar-refractivity contribution < 1.29 is 9.59 Å². The van der Waals surface area contributed by atoms with Gasteiger partial charge in [0.25, 0.3) is 0 Å². The second-order valence-electron chi connectivity index (χ2n) is 4.79. The van der Waals surface area contributed by atoms with E-state index in [9.17, 15) is 9.59 Å². The van der Waals surface area contributed by atoms with E-state index in [0.717, 1.165) is 32.6 Å². The van der Waals surface area contributed by atoms with Gasteiger partial charge in [0.15, 0.2) is 0 Å². The van der Waals surface area contributed by atoms with Crippen LogP contribution in [-0.2, 0) is 9.59 Å². The Balaban J connectivity index is 2.59. The van der Waals surface area contributed by atoms with Crippen LogP contribution in [0.1, 0.15) is 20.3 Å². The van der Waals surface area contributed by atoms with Gasteiger partial charge in [0.2, 0.25) is 11.8 Å². The van der Waals surface area contributed by atoms with E-state index in [1.54, 1.807) is 7.05 Å². The Hall–Kier alpha value is -0.940. The largest absolute Gasteiger partial charge is 0.305 e. The lowest BCUT2D eigenvalue weighted by atomic mass is 10.2. The van der Waals surface area contributed by atoms with E-state index < -0.39 is 0 Å². The summed E-state index contributed by atoms with van der Waals surface area (Å²) in [6.45, 7) is 7.15. The number of hydrogen-bond donors (Lipinski definition) is 0. The molecule has 0 radical (unpaired) electrons. The van der Waals surface area contributed by atoms with Crippen LogP contribution in [0.15, 0.2) is 0 Å². The number of amides is 2. The van der Waals surface area contributed by atoms with Crippen molar-refractivity contribution in [3.63, 3.8) is 0 Å². The van der Waals surface area contributed by atoms with E-state index >= 15 is 0 Å². The van der Waals surface area contributed by atoms with Crippen LogP contribution in [-0.4, -0.2) is 72.8 Å². The summed E-state index contributed by atoms with van der Waals surface area (Å²) in [6, 6.07) is -0.213. The van der Waals surface area contributed by atoms with Crippen molar-refractivity contribution in [1.29, 1.82) is 0 Å². The van der Waals surface area contributed by atoms with Crippen LogP contribution >= 0.6 is 0 Å². The number of carbonyl (C=O) groups excluding carboxylic acids is 2. The summed E-state index contributed by atoms with van der Waals surface area (Å²) in [6.07, 6.45) is 1.07. The Bertz CT molecular complexity index is 293. The van der Waals surface area contributed by atoms with E-state index in [2.05, 4.69) is 16.8 Å². The lowest BCUT2D eigenvalue weighted by molar-refractivity contribution is -0.145. The third-order valence-electron chi connectivity index (χ3n) is 3.46. The zero-order valence-corrected chi connectivity index (χ0v) is 11.3. The van der Waals surface area contributed by atoms with Crippen LogP contribution in [0.4, 0.5) is 0 Å². The summed E-state index contributed by atoms with van der Waals surface area (Å²) in [4.78, 5) is 28.8. The lowest BCUT2D eigenvalue weighted by Gasteiger charge is -2.28. The molecule has 5 heteroatoms. The minimum Gasteiger partial charge on any atom is -0.305 e. The zero-order chi connectivity index (χ0) is 13.0. The lowest BCUT2D eigenvalue weighted by Crippen LogP contribution is -2.48. The maximum absolute atomic E-state index is 12.0. The first-order valence-corrected chi connectivity index (χ1v) is 6.14. The molecule has 0 N–H and O–H groups in total. The average molecular weight is 241 g/mol. The predicted octanol–water partition coefficient (Wildman–Crippen LogP) is 0.0173. The summed E-state index contributed by atoms with van der Waals surface area (Å²) in [5.74, 6) is -0.309. The Morgan fingerprint density at radius 1 is 1.18 bits per heavy atom. The van der Waals surface area contributed by atoms with Crippen molar-refractivity contribution in [3.8, 4) is 0 Å². The Kier molecular flexibility index (Phi) is 5.08. The van der Waals surface area contributed by atoms with Gasteiger partial charge in [-0.15, -0.1) is 0 Å². The number of hydrogen-bond acceptors (Lipinski definition) is 4. The fourth-order valence-corrected chi connectivity index (χ4v) is 2.05. The molecule has 1 aliphatic rings. The molecule has 0 aliphatic carbocycles. The van der Waals surface area contributed by atoms with Gasteiger partial charge in [0.1, 0.15) is 0 Å². The van der Waals surface area contributed by atoms with Crippen molar-refractivity contribution in [3.05, 3.63) is 0 Å². The minimum absolute atomic E-state index is 0.109. The van der Waals surface area contributed by atoms with Gasteiger partial charge in [0.05, 0.1) is 6.04 Å². The van der Waals surface area contributed by atoms with E-state index in [0.29, 0.717) is 0 Å². The third kappa shape index (κ3) is 3.78. The minimum atomic E-state index is -0.213. The fourth-order valence-electron chi connectivity index (χ4n) is 2.05. The molecule has 1 heterocycles. The van der Waals surface area contributed by atoms with Crippen LogP contribution in [0.5, 0.6) is 0 Å². The summed E-state index contributed by atoms with van der Waals surface area (Å²) in [5, 5.41) is 0. The molecular weight excluding hydrogens is 218 g/mol. The molecule has 5 nitrogen and oxygen atoms in total. The standard InChI is InChI=1S/C12H23N3O2/c1-10(12(17)14(4)11(2)16)15-7-5-6-13(3)8-9-15/h10H,5-9H2,1-4H3. The van der Waals surface area contributed by atoms with Crippen molar-refractivity contribution >= 4 is 11.8 Å². The molecule has 1 unspecified atom stereocenters. The number of imide groups is 1. The molecule has 1 rings (SSSR count). The highest BCUT2D eigenvalue weighted by molar-refractivity contribution is 5.96. The van der Waals surface area contributed by atoms with Crippen molar-refractivity contribution in [2.45, 2.75) is 26.3 Å². The molecule has 1 aliphatic heterocycles. The second-order valence-corrected chi connectivity index (χ2v) is 4.79. The monoisotopic (exact) mass is 241 g/mol. The molecule has 0 aromatic rings. The van der Waals surface area contributed by atoms with Gasteiger partial charge in [-0.3, -0.25) is 19.4 Å². The maximum atomic E-state index is 12.0. The topological polar surface area (TPSA) is 43.9 Å². The van der Waals surface area contributed by atoms with Crippen LogP contribution < -0.4 is 0 Å². The fraction of sp³-hybridized carbons (Fsp3) is 0.833. The summed E-state index contributed by atoms with van der Waals surface area (Å²) < 4.78 is 0. The summed E-state index contributed by atoms with van der Waals surface area (Å²) in [7, 11) is 3.64. The molecule has 0 saturated carbocycles. The van der Waals surface area contributed by atoms with E-state index in [4.69, 9.17) is 0 Å². The van der Waals surface area contributed by atoms with E-state index in [1.165, 1.54) is 11.8 Å². The van der Waals surface area contributed by atoms with Crippen LogP contribution in [0.2, 0.25) is 0 Å². The Labute approximate surface area is 103 Å². The molecule has 0 bridgehead atoms. The van der Waals surface area contributed by atoms with Crippen LogP contribution in [0, 0.1) is 0 Å². The van der Waals surface area contributed by atoms with Gasteiger partial charge in [-0.05, 0) is 26.9 Å². The molecule has 0 aromatic heterocycles. The van der Waals surface area contributed by atoms with Gasteiger partial charge in [-0.1, -0.05) is 0 Å². The summed E-state index contributed by atoms with van der Waals surface area (Å²) >= 11 is 0. The van der Waals surface area contributed by atoms with Gasteiger partial charge in [-0.2, -0.15) is 0 Å². The van der Waals surface area contributed by atoms with Gasteiger partial charge >= 0.3 is 0 Å². The number of likely N-dealkylation sites (N-methyl/N-ethyl adjacent to an activating group) is 2. The normalized spacial score (nSPS) is 20.7. The van der Waals surface area contributed by atoms with Crippen LogP contribution in [0.25, 0.3) is 0 Å². The first-order valence-electron chi connectivity index (χ1n) is 6.14. The van der Waals surface area contributed by atoms with Crippen molar-refractivity contribution in [2.75, 3.05) is 40.3 Å². The van der Waals surface area contributed by atoms with Gasteiger partial charge in [-0.25, -0.2) is 0 Å². The van der Waals surface area contributed by atoms with Gasteiger partial charge < -0.3 is 4.90 Å². The molecule has 98 valence electrons. The highest BCUT2D eigenvalue weighted by Crippen LogP contribution is 2.08. The Morgan fingerprint density at radius 2 is 1.82 bits per heavy atom. The van der Waals surface area contributed by atoms with Crippen LogP contribution in [0.3, 0.4) is 0 Å². The highest BCUT2D eigenvalue weighted by Gasteiger charge is 2.26. The molecule has 1 saturated heterocycles. The smallest absolute Gasteiger partial charge is 0.245 e. The first kappa shape index (κ1) is 14.1. The molecule has 17 heavy (non-hydrogen) atoms. The zero-order valence-electron chi connectivity index (χ0n) is 11.3.